The number of hydrogen-bond donors (Lipinski definition) is 1. The molecule has 1 aliphatic heterocycles. The highest BCUT2D eigenvalue weighted by molar-refractivity contribution is 5.99. The Morgan fingerprint density at radius 1 is 1.29 bits per heavy atom. The highest BCUT2D eigenvalue weighted by Gasteiger charge is 2.33. The predicted molar refractivity (Wildman–Crippen MR) is 118 cm³/mol. The van der Waals surface area contributed by atoms with Crippen LogP contribution in [0.1, 0.15) is 61.9 Å². The van der Waals surface area contributed by atoms with Crippen LogP contribution in [0.25, 0.3) is 10.9 Å². The maximum Gasteiger partial charge on any atom is 0.358 e. The molecule has 1 atom stereocenters. The summed E-state index contributed by atoms with van der Waals surface area (Å²) in [6.45, 7) is 8.36. The van der Waals surface area contributed by atoms with Crippen molar-refractivity contribution in [2.45, 2.75) is 53.0 Å². The number of carbonyl (C=O) groups excluding carboxylic acids is 2. The van der Waals surface area contributed by atoms with Crippen molar-refractivity contribution in [1.82, 2.24) is 20.0 Å². The summed E-state index contributed by atoms with van der Waals surface area (Å²) in [7, 11) is 0. The van der Waals surface area contributed by atoms with Gasteiger partial charge in [0.15, 0.2) is 11.5 Å². The first kappa shape index (κ1) is 21.0. The van der Waals surface area contributed by atoms with E-state index in [1.807, 2.05) is 29.8 Å². The van der Waals surface area contributed by atoms with Crippen LogP contribution in [0.15, 0.2) is 41.6 Å². The molecule has 3 aromatic rings. The molecule has 4 rings (SSSR count). The van der Waals surface area contributed by atoms with Gasteiger partial charge >= 0.3 is 5.97 Å². The second-order valence-electron chi connectivity index (χ2n) is 8.59. The van der Waals surface area contributed by atoms with E-state index in [0.717, 1.165) is 39.7 Å². The molecule has 7 heteroatoms. The molecule has 1 aliphatic rings. The lowest BCUT2D eigenvalue weighted by Crippen LogP contribution is -2.28. The molecule has 3 heterocycles. The Balaban J connectivity index is 1.66. The van der Waals surface area contributed by atoms with Crippen LogP contribution in [0.2, 0.25) is 0 Å². The fourth-order valence-electron chi connectivity index (χ4n) is 4.38. The van der Waals surface area contributed by atoms with Crippen LogP contribution >= 0.6 is 0 Å². The van der Waals surface area contributed by atoms with Crippen LogP contribution in [0.4, 0.5) is 0 Å². The number of nitrogens with zero attached hydrogens (tertiary/aromatic N) is 3. The minimum atomic E-state index is -0.424. The van der Waals surface area contributed by atoms with Crippen LogP contribution < -0.4 is 0 Å². The number of ketones is 1. The third-order valence-electron chi connectivity index (χ3n) is 5.70. The summed E-state index contributed by atoms with van der Waals surface area (Å²) in [6, 6.07) is 7.54. The normalized spacial score (nSPS) is 16.1. The highest BCUT2D eigenvalue weighted by atomic mass is 16.5. The molecule has 0 bridgehead atoms. The van der Waals surface area contributed by atoms with Crippen molar-refractivity contribution in [3.8, 4) is 0 Å². The number of fused-ring (bicyclic) bond motifs is 2. The van der Waals surface area contributed by atoms with Crippen molar-refractivity contribution >= 4 is 22.7 Å². The van der Waals surface area contributed by atoms with Gasteiger partial charge in [-0.1, -0.05) is 25.5 Å². The van der Waals surface area contributed by atoms with E-state index in [-0.39, 0.29) is 11.8 Å². The molecule has 0 radical (unpaired) electrons. The van der Waals surface area contributed by atoms with E-state index < -0.39 is 5.97 Å². The molecule has 0 fully saturated rings. The summed E-state index contributed by atoms with van der Waals surface area (Å²) >= 11 is 0. The van der Waals surface area contributed by atoms with Gasteiger partial charge in [-0.05, 0) is 49.9 Å². The Morgan fingerprint density at radius 3 is 2.84 bits per heavy atom. The molecule has 0 aliphatic carbocycles. The first-order valence-corrected chi connectivity index (χ1v) is 10.8. The van der Waals surface area contributed by atoms with Crippen molar-refractivity contribution < 1.29 is 14.3 Å². The van der Waals surface area contributed by atoms with Gasteiger partial charge in [-0.3, -0.25) is 14.6 Å². The summed E-state index contributed by atoms with van der Waals surface area (Å²) in [5, 5.41) is 12.5. The van der Waals surface area contributed by atoms with E-state index in [0.29, 0.717) is 31.1 Å². The van der Waals surface area contributed by atoms with Crippen LogP contribution in [0, 0.1) is 5.92 Å². The molecule has 0 saturated heterocycles. The molecule has 1 aromatic carbocycles. The molecule has 0 spiro atoms. The summed E-state index contributed by atoms with van der Waals surface area (Å²) in [5.74, 6) is 0.0422. The molecule has 31 heavy (non-hydrogen) atoms. The summed E-state index contributed by atoms with van der Waals surface area (Å²) < 4.78 is 6.99. The maximum absolute atomic E-state index is 13.5. The predicted octanol–water partition coefficient (Wildman–Crippen LogP) is 4.21. The fraction of sp³-hybridized carbons (Fsp3) is 0.417. The number of aromatic nitrogens is 4. The summed E-state index contributed by atoms with van der Waals surface area (Å²) in [6.07, 6.45) is 3.46. The number of esters is 1. The molecular formula is C24H28N4O3. The van der Waals surface area contributed by atoms with Crippen molar-refractivity contribution in [2.75, 3.05) is 6.61 Å². The molecule has 0 saturated carbocycles. The van der Waals surface area contributed by atoms with E-state index in [9.17, 15) is 9.59 Å². The molecule has 7 nitrogen and oxygen atoms in total. The van der Waals surface area contributed by atoms with Crippen LogP contribution in [0.5, 0.6) is 0 Å². The van der Waals surface area contributed by atoms with Gasteiger partial charge in [0.1, 0.15) is 0 Å². The number of aromatic amines is 1. The van der Waals surface area contributed by atoms with Gasteiger partial charge < -0.3 is 4.74 Å². The average molecular weight is 421 g/mol. The fourth-order valence-corrected chi connectivity index (χ4v) is 4.38. The van der Waals surface area contributed by atoms with Gasteiger partial charge in [-0.15, -0.1) is 0 Å². The number of Topliss-reactive ketones (excluding diaryl/α,β-unsaturated/α-hetero) is 1. The Hall–Kier alpha value is -3.22. The van der Waals surface area contributed by atoms with E-state index in [4.69, 9.17) is 4.74 Å². The second kappa shape index (κ2) is 8.49. The minimum Gasteiger partial charge on any atom is -0.461 e. The number of nitrogens with one attached hydrogen (secondary N) is 1. The van der Waals surface area contributed by atoms with Crippen molar-refractivity contribution in [3.05, 3.63) is 58.6 Å². The van der Waals surface area contributed by atoms with Crippen LogP contribution in [-0.2, 0) is 22.4 Å². The second-order valence-corrected chi connectivity index (χ2v) is 8.59. The molecule has 1 unspecified atom stereocenters. The van der Waals surface area contributed by atoms with Crippen molar-refractivity contribution in [2.24, 2.45) is 5.92 Å². The number of rotatable bonds is 7. The minimum absolute atomic E-state index is 0.102. The smallest absolute Gasteiger partial charge is 0.358 e. The molecule has 1 N–H and O–H groups in total. The third-order valence-corrected chi connectivity index (χ3v) is 5.70. The van der Waals surface area contributed by atoms with Gasteiger partial charge in [-0.25, -0.2) is 4.79 Å². The molecule has 162 valence electrons. The van der Waals surface area contributed by atoms with E-state index in [1.165, 1.54) is 0 Å². The van der Waals surface area contributed by atoms with Gasteiger partial charge in [-0.2, -0.15) is 10.2 Å². The number of benzene rings is 1. The molecule has 2 aromatic heterocycles. The average Bonchev–Trinajstić information content (AvgIpc) is 3.34. The monoisotopic (exact) mass is 420 g/mol. The lowest BCUT2D eigenvalue weighted by molar-refractivity contribution is -0.115. The van der Waals surface area contributed by atoms with Crippen molar-refractivity contribution in [3.63, 3.8) is 0 Å². The van der Waals surface area contributed by atoms with Gasteiger partial charge in [0.05, 0.1) is 24.4 Å². The zero-order valence-corrected chi connectivity index (χ0v) is 18.4. The van der Waals surface area contributed by atoms with Crippen LogP contribution in [-0.4, -0.2) is 38.3 Å². The molecular weight excluding hydrogens is 392 g/mol. The topological polar surface area (TPSA) is 89.9 Å². The Bertz CT molecular complexity index is 1170. The number of allylic oxidation sites excluding steroid dienone is 2. The Labute approximate surface area is 181 Å². The quantitative estimate of drug-likeness (QED) is 0.579. The van der Waals surface area contributed by atoms with Crippen molar-refractivity contribution in [1.29, 1.82) is 0 Å². The summed E-state index contributed by atoms with van der Waals surface area (Å²) in [5.41, 5.74) is 5.02. The number of H-pyrrole nitrogens is 1. The third kappa shape index (κ3) is 4.17. The zero-order chi connectivity index (χ0) is 22.1. The highest BCUT2D eigenvalue weighted by Crippen LogP contribution is 2.36. The largest absolute Gasteiger partial charge is 0.461 e. The SMILES string of the molecule is CCOC(=O)c1cc2n(n1)C(CC(C)C)C(C(=O)Cc1ccc3[nH]ncc3c1)=C(C)C2. The Morgan fingerprint density at radius 2 is 2.10 bits per heavy atom. The first-order chi connectivity index (χ1) is 14.9. The lowest BCUT2D eigenvalue weighted by Gasteiger charge is -2.30. The number of ether oxygens (including phenoxy) is 1. The standard InChI is InChI=1S/C24H28N4O3/c1-5-31-24(30)20-12-18-9-15(4)23(21(8-14(2)3)28(18)27-20)22(29)11-16-6-7-19-17(10-16)13-25-26-19/h6-7,10,12-14,21H,5,8-9,11H2,1-4H3,(H,25,26). The van der Waals surface area contributed by atoms with Gasteiger partial charge in [0.2, 0.25) is 0 Å². The maximum atomic E-state index is 13.5. The molecule has 0 amide bonds. The summed E-state index contributed by atoms with van der Waals surface area (Å²) in [4.78, 5) is 25.7. The number of hydrogen-bond acceptors (Lipinski definition) is 5. The first-order valence-electron chi connectivity index (χ1n) is 10.8. The lowest BCUT2D eigenvalue weighted by atomic mass is 9.85. The number of carbonyl (C=O) groups is 2. The van der Waals surface area contributed by atoms with Gasteiger partial charge in [0, 0.05) is 29.5 Å². The zero-order valence-electron chi connectivity index (χ0n) is 18.4. The van der Waals surface area contributed by atoms with Crippen LogP contribution in [0.3, 0.4) is 0 Å². The Kier molecular flexibility index (Phi) is 5.76. The van der Waals surface area contributed by atoms with E-state index >= 15 is 0 Å². The van der Waals surface area contributed by atoms with E-state index in [1.54, 1.807) is 19.2 Å². The van der Waals surface area contributed by atoms with E-state index in [2.05, 4.69) is 29.1 Å². The van der Waals surface area contributed by atoms with Gasteiger partial charge in [0.25, 0.3) is 0 Å².